The van der Waals surface area contributed by atoms with E-state index >= 15 is 0 Å². The number of carbonyl (C=O) groups is 1. The van der Waals surface area contributed by atoms with Crippen LogP contribution in [0.5, 0.6) is 0 Å². The summed E-state index contributed by atoms with van der Waals surface area (Å²) in [6, 6.07) is 4.95. The molecule has 0 spiro atoms. The number of likely N-dealkylation sites (tertiary alicyclic amines) is 1. The summed E-state index contributed by atoms with van der Waals surface area (Å²) in [5.74, 6) is 1.03. The van der Waals surface area contributed by atoms with Crippen molar-refractivity contribution in [1.29, 1.82) is 0 Å². The van der Waals surface area contributed by atoms with Crippen molar-refractivity contribution in [2.75, 3.05) is 13.1 Å². The highest BCUT2D eigenvalue weighted by atomic mass is 16.6. The number of piperidine rings is 1. The monoisotopic (exact) mass is 360 g/mol. The quantitative estimate of drug-likeness (QED) is 0.809. The van der Waals surface area contributed by atoms with Gasteiger partial charge in [-0.05, 0) is 57.1 Å². The Bertz CT molecular complexity index is 775. The van der Waals surface area contributed by atoms with E-state index < -0.39 is 12.7 Å². The molecule has 1 aromatic heterocycles. The van der Waals surface area contributed by atoms with Gasteiger partial charge in [0.05, 0.1) is 0 Å². The normalized spacial score (nSPS) is 16.1. The minimum atomic E-state index is -1.52. The van der Waals surface area contributed by atoms with Gasteiger partial charge in [-0.1, -0.05) is 6.07 Å². The van der Waals surface area contributed by atoms with E-state index in [0.29, 0.717) is 47.9 Å². The Balaban J connectivity index is 1.58. The summed E-state index contributed by atoms with van der Waals surface area (Å²) in [6.07, 6.45) is 2.19. The first-order chi connectivity index (χ1) is 12.2. The maximum Gasteiger partial charge on any atom is 0.488 e. The van der Waals surface area contributed by atoms with E-state index in [4.69, 9.17) is 9.15 Å². The van der Waals surface area contributed by atoms with Crippen LogP contribution in [0.3, 0.4) is 0 Å². The van der Waals surface area contributed by atoms with Crippen LogP contribution >= 0.6 is 0 Å². The predicted octanol–water partition coefficient (Wildman–Crippen LogP) is 1.70. The molecule has 1 saturated heterocycles. The number of rotatable bonds is 3. The van der Waals surface area contributed by atoms with E-state index in [1.807, 2.05) is 20.8 Å². The first-order valence-corrected chi connectivity index (χ1v) is 8.95. The van der Waals surface area contributed by atoms with Crippen LogP contribution in [0.2, 0.25) is 0 Å². The third-order valence-corrected chi connectivity index (χ3v) is 4.48. The van der Waals surface area contributed by atoms with E-state index in [2.05, 4.69) is 4.98 Å². The second kappa shape index (κ2) is 7.29. The summed E-state index contributed by atoms with van der Waals surface area (Å²) in [4.78, 5) is 18.3. The molecule has 0 radical (unpaired) electrons. The largest absolute Gasteiger partial charge is 0.488 e. The second-order valence-corrected chi connectivity index (χ2v) is 7.82. The molecule has 0 aliphatic carbocycles. The lowest BCUT2D eigenvalue weighted by Crippen LogP contribution is -2.42. The molecule has 0 atom stereocenters. The van der Waals surface area contributed by atoms with Gasteiger partial charge in [0.25, 0.3) is 0 Å². The fraction of sp³-hybridized carbons (Fsp3) is 0.556. The van der Waals surface area contributed by atoms with Gasteiger partial charge in [-0.3, -0.25) is 0 Å². The van der Waals surface area contributed by atoms with Gasteiger partial charge in [-0.2, -0.15) is 0 Å². The third-order valence-electron chi connectivity index (χ3n) is 4.48. The molecule has 1 fully saturated rings. The minimum absolute atomic E-state index is 0.257. The Morgan fingerprint density at radius 1 is 1.35 bits per heavy atom. The fourth-order valence-corrected chi connectivity index (χ4v) is 3.13. The van der Waals surface area contributed by atoms with Gasteiger partial charge in [-0.15, -0.1) is 0 Å². The van der Waals surface area contributed by atoms with Crippen molar-refractivity contribution in [1.82, 2.24) is 9.88 Å². The van der Waals surface area contributed by atoms with Crippen molar-refractivity contribution < 1.29 is 24.0 Å². The molecule has 2 heterocycles. The van der Waals surface area contributed by atoms with Crippen molar-refractivity contribution >= 4 is 29.8 Å². The molecule has 3 rings (SSSR count). The summed E-state index contributed by atoms with van der Waals surface area (Å²) in [5, 5.41) is 18.5. The Labute approximate surface area is 153 Å². The molecule has 2 N–H and O–H groups in total. The van der Waals surface area contributed by atoms with Crippen molar-refractivity contribution in [3.05, 3.63) is 24.1 Å². The Morgan fingerprint density at radius 3 is 2.65 bits per heavy atom. The van der Waals surface area contributed by atoms with E-state index in [1.165, 1.54) is 0 Å². The number of ether oxygens (including phenoxy) is 1. The standard InChI is InChI=1S/C18H25BN2O5/c1-18(2,3)26-17(22)21-8-6-12(7-9-21)10-16-20-14-5-4-13(19(23)24)11-15(14)25-16/h4-5,11-12,23-24H,6-10H2,1-3H3. The van der Waals surface area contributed by atoms with Crippen LogP contribution in [-0.4, -0.2) is 51.8 Å². The molecule has 0 saturated carbocycles. The SMILES string of the molecule is CC(C)(C)OC(=O)N1CCC(Cc2nc3ccc(B(O)O)cc3o2)CC1. The van der Waals surface area contributed by atoms with E-state index in [9.17, 15) is 14.8 Å². The van der Waals surface area contributed by atoms with Gasteiger partial charge in [0, 0.05) is 19.5 Å². The van der Waals surface area contributed by atoms with Gasteiger partial charge in [0.15, 0.2) is 11.5 Å². The number of aromatic nitrogens is 1. The van der Waals surface area contributed by atoms with Crippen LogP contribution < -0.4 is 5.46 Å². The number of amides is 1. The first kappa shape index (κ1) is 18.7. The smallest absolute Gasteiger partial charge is 0.444 e. The predicted molar refractivity (Wildman–Crippen MR) is 98.1 cm³/mol. The number of fused-ring (bicyclic) bond motifs is 1. The summed E-state index contributed by atoms with van der Waals surface area (Å²) < 4.78 is 11.2. The molecule has 7 nitrogen and oxygen atoms in total. The lowest BCUT2D eigenvalue weighted by atomic mass is 9.80. The Hall–Kier alpha value is -2.06. The molecule has 1 aliphatic rings. The van der Waals surface area contributed by atoms with Gasteiger partial charge >= 0.3 is 13.2 Å². The highest BCUT2D eigenvalue weighted by molar-refractivity contribution is 6.58. The van der Waals surface area contributed by atoms with Crippen LogP contribution in [0.15, 0.2) is 22.6 Å². The maximum atomic E-state index is 12.1. The summed E-state index contributed by atoms with van der Waals surface area (Å²) >= 11 is 0. The number of hydrogen-bond donors (Lipinski definition) is 2. The first-order valence-electron chi connectivity index (χ1n) is 8.95. The van der Waals surface area contributed by atoms with Crippen LogP contribution in [0.4, 0.5) is 4.79 Å². The zero-order valence-corrected chi connectivity index (χ0v) is 15.4. The van der Waals surface area contributed by atoms with Crippen molar-refractivity contribution in [2.24, 2.45) is 5.92 Å². The molecule has 1 aliphatic heterocycles. The highest BCUT2D eigenvalue weighted by Crippen LogP contribution is 2.24. The zero-order chi connectivity index (χ0) is 18.9. The lowest BCUT2D eigenvalue weighted by molar-refractivity contribution is 0.0182. The van der Waals surface area contributed by atoms with E-state index in [-0.39, 0.29) is 6.09 Å². The van der Waals surface area contributed by atoms with E-state index in [0.717, 1.165) is 12.8 Å². The van der Waals surface area contributed by atoms with Gasteiger partial charge in [0.1, 0.15) is 11.1 Å². The van der Waals surface area contributed by atoms with Gasteiger partial charge in [-0.25, -0.2) is 9.78 Å². The number of carbonyl (C=O) groups excluding carboxylic acids is 1. The Kier molecular flexibility index (Phi) is 5.25. The third kappa shape index (κ3) is 4.56. The molecule has 1 amide bonds. The van der Waals surface area contributed by atoms with Crippen LogP contribution in [0, 0.1) is 5.92 Å². The summed E-state index contributed by atoms with van der Waals surface area (Å²) in [5.41, 5.74) is 1.16. The molecule has 140 valence electrons. The average molecular weight is 360 g/mol. The molecule has 0 bridgehead atoms. The molecular weight excluding hydrogens is 335 g/mol. The van der Waals surface area contributed by atoms with Gasteiger partial charge in [0.2, 0.25) is 0 Å². The number of benzene rings is 1. The molecular formula is C18H25BN2O5. The molecule has 1 aromatic carbocycles. The fourth-order valence-electron chi connectivity index (χ4n) is 3.13. The number of hydrogen-bond acceptors (Lipinski definition) is 6. The maximum absolute atomic E-state index is 12.1. The summed E-state index contributed by atoms with van der Waals surface area (Å²) in [7, 11) is -1.52. The number of oxazole rings is 1. The van der Waals surface area contributed by atoms with Gasteiger partial charge < -0.3 is 24.1 Å². The van der Waals surface area contributed by atoms with Crippen molar-refractivity contribution in [3.8, 4) is 0 Å². The Morgan fingerprint density at radius 2 is 2.04 bits per heavy atom. The zero-order valence-electron chi connectivity index (χ0n) is 15.4. The van der Waals surface area contributed by atoms with Crippen LogP contribution in [-0.2, 0) is 11.2 Å². The average Bonchev–Trinajstić information content (AvgIpc) is 2.95. The second-order valence-electron chi connectivity index (χ2n) is 7.82. The minimum Gasteiger partial charge on any atom is -0.444 e. The van der Waals surface area contributed by atoms with E-state index in [1.54, 1.807) is 23.1 Å². The van der Waals surface area contributed by atoms with Crippen molar-refractivity contribution in [3.63, 3.8) is 0 Å². The molecule has 26 heavy (non-hydrogen) atoms. The number of nitrogens with zero attached hydrogens (tertiary/aromatic N) is 2. The topological polar surface area (TPSA) is 96.0 Å². The molecule has 2 aromatic rings. The summed E-state index contributed by atoms with van der Waals surface area (Å²) in [6.45, 7) is 6.94. The van der Waals surface area contributed by atoms with Crippen molar-refractivity contribution in [2.45, 2.75) is 45.6 Å². The molecule has 0 unspecified atom stereocenters. The lowest BCUT2D eigenvalue weighted by Gasteiger charge is -2.33. The highest BCUT2D eigenvalue weighted by Gasteiger charge is 2.27. The molecule has 8 heteroatoms. The van der Waals surface area contributed by atoms with Crippen LogP contribution in [0.25, 0.3) is 11.1 Å². The van der Waals surface area contributed by atoms with Crippen LogP contribution in [0.1, 0.15) is 39.5 Å².